The van der Waals surface area contributed by atoms with E-state index < -0.39 is 12.5 Å². The Kier molecular flexibility index (Phi) is 4.40. The van der Waals surface area contributed by atoms with Crippen molar-refractivity contribution in [2.24, 2.45) is 0 Å². The molecule has 2 aromatic rings. The average Bonchev–Trinajstić information content (AvgIpc) is 2.41. The van der Waals surface area contributed by atoms with Crippen molar-refractivity contribution in [2.75, 3.05) is 0 Å². The molecule has 2 rings (SSSR count). The van der Waals surface area contributed by atoms with Crippen LogP contribution in [0.15, 0.2) is 42.5 Å². The van der Waals surface area contributed by atoms with Gasteiger partial charge in [0, 0.05) is 5.56 Å². The predicted octanol–water partition coefficient (Wildman–Crippen LogP) is 5.01. The van der Waals surface area contributed by atoms with Crippen LogP contribution in [0.2, 0.25) is 10.0 Å². The van der Waals surface area contributed by atoms with Gasteiger partial charge in [-0.25, -0.2) is 8.78 Å². The number of aliphatic hydroxyl groups is 1. The summed E-state index contributed by atoms with van der Waals surface area (Å²) in [6.45, 7) is 0. The summed E-state index contributed by atoms with van der Waals surface area (Å²) in [5.74, 6) is 0. The Morgan fingerprint density at radius 3 is 1.84 bits per heavy atom. The number of benzene rings is 2. The maximum absolute atomic E-state index is 12.4. The van der Waals surface area contributed by atoms with Crippen LogP contribution in [0.1, 0.15) is 29.2 Å². The summed E-state index contributed by atoms with van der Waals surface area (Å²) in [6, 6.07) is 10.3. The highest BCUT2D eigenvalue weighted by Crippen LogP contribution is 2.29. The molecule has 0 aromatic heterocycles. The van der Waals surface area contributed by atoms with Crippen molar-refractivity contribution in [3.63, 3.8) is 0 Å². The normalized spacial score (nSPS) is 12.7. The number of rotatable bonds is 3. The molecule has 2 aromatic carbocycles. The van der Waals surface area contributed by atoms with Crippen molar-refractivity contribution in [1.82, 2.24) is 0 Å². The Morgan fingerprint density at radius 2 is 1.32 bits per heavy atom. The molecule has 5 heteroatoms. The van der Waals surface area contributed by atoms with Gasteiger partial charge in [-0.2, -0.15) is 0 Å². The van der Waals surface area contributed by atoms with Gasteiger partial charge in [0.2, 0.25) is 0 Å². The Balaban J connectivity index is 2.27. The van der Waals surface area contributed by atoms with Crippen LogP contribution in [0, 0.1) is 0 Å². The predicted molar refractivity (Wildman–Crippen MR) is 71.9 cm³/mol. The molecule has 0 heterocycles. The molecular weight excluding hydrogens is 293 g/mol. The van der Waals surface area contributed by atoms with Crippen molar-refractivity contribution in [3.8, 4) is 0 Å². The number of aliphatic hydroxyl groups excluding tert-OH is 1. The third-order valence-electron chi connectivity index (χ3n) is 2.76. The van der Waals surface area contributed by atoms with Crippen LogP contribution >= 0.6 is 23.2 Å². The first kappa shape index (κ1) is 14.3. The van der Waals surface area contributed by atoms with E-state index in [2.05, 4.69) is 0 Å². The van der Waals surface area contributed by atoms with E-state index in [0.717, 1.165) is 0 Å². The number of halogens is 4. The lowest BCUT2D eigenvalue weighted by Crippen LogP contribution is -2.00. The van der Waals surface area contributed by atoms with E-state index in [9.17, 15) is 13.9 Å². The molecule has 0 amide bonds. The minimum atomic E-state index is -2.52. The Morgan fingerprint density at radius 1 is 0.789 bits per heavy atom. The van der Waals surface area contributed by atoms with Crippen LogP contribution < -0.4 is 0 Å². The fraction of sp³-hybridized carbons (Fsp3) is 0.143. The van der Waals surface area contributed by atoms with E-state index in [1.807, 2.05) is 0 Å². The van der Waals surface area contributed by atoms with Gasteiger partial charge in [0.05, 0.1) is 10.0 Å². The van der Waals surface area contributed by atoms with Crippen LogP contribution in [0.4, 0.5) is 8.78 Å². The van der Waals surface area contributed by atoms with Gasteiger partial charge in [0.1, 0.15) is 6.10 Å². The molecule has 0 radical (unpaired) electrons. The molecule has 0 aliphatic carbocycles. The van der Waals surface area contributed by atoms with Crippen molar-refractivity contribution in [2.45, 2.75) is 12.5 Å². The Hall–Kier alpha value is -1.16. The fourth-order valence-corrected chi connectivity index (χ4v) is 2.01. The highest BCUT2D eigenvalue weighted by atomic mass is 35.5. The molecule has 1 unspecified atom stereocenters. The highest BCUT2D eigenvalue weighted by Gasteiger charge is 2.13. The summed E-state index contributed by atoms with van der Waals surface area (Å²) >= 11 is 11.7. The maximum atomic E-state index is 12.4. The average molecular weight is 303 g/mol. The molecule has 0 fully saturated rings. The summed E-state index contributed by atoms with van der Waals surface area (Å²) in [6.07, 6.45) is -3.45. The lowest BCUT2D eigenvalue weighted by molar-refractivity contribution is 0.151. The zero-order valence-corrected chi connectivity index (χ0v) is 11.2. The van der Waals surface area contributed by atoms with Gasteiger partial charge in [0.25, 0.3) is 6.43 Å². The second-order valence-electron chi connectivity index (χ2n) is 4.04. The SMILES string of the molecule is OC(c1ccc(C(F)F)cc1)c1ccc(Cl)c(Cl)c1. The first-order chi connectivity index (χ1) is 8.99. The molecule has 0 bridgehead atoms. The van der Waals surface area contributed by atoms with Crippen LogP contribution in [0.5, 0.6) is 0 Å². The van der Waals surface area contributed by atoms with Gasteiger partial charge in [-0.05, 0) is 23.3 Å². The molecule has 0 saturated carbocycles. The molecular formula is C14H10Cl2F2O. The molecule has 0 aliphatic rings. The largest absolute Gasteiger partial charge is 0.384 e. The molecule has 0 aliphatic heterocycles. The first-order valence-electron chi connectivity index (χ1n) is 5.50. The smallest absolute Gasteiger partial charge is 0.263 e. The third-order valence-corrected chi connectivity index (χ3v) is 3.50. The summed E-state index contributed by atoms with van der Waals surface area (Å²) < 4.78 is 24.9. The number of hydrogen-bond donors (Lipinski definition) is 1. The van der Waals surface area contributed by atoms with Crippen molar-refractivity contribution in [1.29, 1.82) is 0 Å². The molecule has 1 nitrogen and oxygen atoms in total. The second kappa shape index (κ2) is 5.87. The lowest BCUT2D eigenvalue weighted by Gasteiger charge is -2.13. The van der Waals surface area contributed by atoms with Gasteiger partial charge < -0.3 is 5.11 Å². The molecule has 0 spiro atoms. The monoisotopic (exact) mass is 302 g/mol. The quantitative estimate of drug-likeness (QED) is 0.844. The Bertz CT molecular complexity index is 570. The van der Waals surface area contributed by atoms with Crippen molar-refractivity contribution in [3.05, 3.63) is 69.2 Å². The summed E-state index contributed by atoms with van der Waals surface area (Å²) in [7, 11) is 0. The topological polar surface area (TPSA) is 20.2 Å². The molecule has 100 valence electrons. The fourth-order valence-electron chi connectivity index (χ4n) is 1.70. The number of alkyl halides is 2. The summed E-state index contributed by atoms with van der Waals surface area (Å²) in [5, 5.41) is 10.9. The molecule has 19 heavy (non-hydrogen) atoms. The Labute approximate surface area is 119 Å². The zero-order chi connectivity index (χ0) is 14.0. The van der Waals surface area contributed by atoms with Crippen LogP contribution in [-0.4, -0.2) is 5.11 Å². The van der Waals surface area contributed by atoms with Gasteiger partial charge in [-0.15, -0.1) is 0 Å². The minimum absolute atomic E-state index is 0.0786. The van der Waals surface area contributed by atoms with E-state index >= 15 is 0 Å². The van der Waals surface area contributed by atoms with Crippen LogP contribution in [-0.2, 0) is 0 Å². The summed E-state index contributed by atoms with van der Waals surface area (Å²) in [4.78, 5) is 0. The standard InChI is InChI=1S/C14H10Cl2F2O/c15-11-6-5-10(7-12(11)16)13(19)8-1-3-9(4-2-8)14(17)18/h1-7,13-14,19H. The minimum Gasteiger partial charge on any atom is -0.384 e. The van der Waals surface area contributed by atoms with E-state index in [1.165, 1.54) is 24.3 Å². The molecule has 1 N–H and O–H groups in total. The summed E-state index contributed by atoms with van der Waals surface area (Å²) in [5.41, 5.74) is 0.993. The highest BCUT2D eigenvalue weighted by molar-refractivity contribution is 6.42. The lowest BCUT2D eigenvalue weighted by atomic mass is 10.0. The van der Waals surface area contributed by atoms with E-state index in [4.69, 9.17) is 23.2 Å². The van der Waals surface area contributed by atoms with Crippen molar-refractivity contribution < 1.29 is 13.9 Å². The van der Waals surface area contributed by atoms with Gasteiger partial charge in [-0.3, -0.25) is 0 Å². The van der Waals surface area contributed by atoms with E-state index in [-0.39, 0.29) is 5.56 Å². The van der Waals surface area contributed by atoms with Gasteiger partial charge in [-0.1, -0.05) is 53.5 Å². The van der Waals surface area contributed by atoms with Gasteiger partial charge in [0.15, 0.2) is 0 Å². The second-order valence-corrected chi connectivity index (χ2v) is 4.86. The van der Waals surface area contributed by atoms with Crippen molar-refractivity contribution >= 4 is 23.2 Å². The zero-order valence-electron chi connectivity index (χ0n) is 9.66. The van der Waals surface area contributed by atoms with Crippen LogP contribution in [0.25, 0.3) is 0 Å². The first-order valence-corrected chi connectivity index (χ1v) is 6.25. The van der Waals surface area contributed by atoms with Gasteiger partial charge >= 0.3 is 0 Å². The molecule has 0 saturated heterocycles. The third kappa shape index (κ3) is 3.24. The number of hydrogen-bond acceptors (Lipinski definition) is 1. The van der Waals surface area contributed by atoms with E-state index in [0.29, 0.717) is 21.2 Å². The van der Waals surface area contributed by atoms with Crippen LogP contribution in [0.3, 0.4) is 0 Å². The van der Waals surface area contributed by atoms with E-state index in [1.54, 1.807) is 18.2 Å². The maximum Gasteiger partial charge on any atom is 0.263 e. The molecule has 1 atom stereocenters.